The smallest absolute Gasteiger partial charge is 0.239 e. The first-order chi connectivity index (χ1) is 9.08. The number of rotatable bonds is 4. The summed E-state index contributed by atoms with van der Waals surface area (Å²) in [6.07, 6.45) is 4.26. The minimum absolute atomic E-state index is 0.102. The summed E-state index contributed by atoms with van der Waals surface area (Å²) < 4.78 is 12.1. The van der Waals surface area contributed by atoms with E-state index in [-0.39, 0.29) is 16.9 Å². The van der Waals surface area contributed by atoms with Crippen LogP contribution in [0.2, 0.25) is 0 Å². The lowest BCUT2D eigenvalue weighted by Gasteiger charge is -2.18. The zero-order chi connectivity index (χ0) is 13.8. The minimum atomic E-state index is -1.04. The highest BCUT2D eigenvalue weighted by Gasteiger charge is 2.24. The second-order valence-corrected chi connectivity index (χ2v) is 6.69. The molecule has 1 aromatic carbocycles. The maximum atomic E-state index is 12.1. The number of carbonyl (C=O) groups is 1. The first kappa shape index (κ1) is 14.1. The van der Waals surface area contributed by atoms with Crippen molar-refractivity contribution in [1.82, 2.24) is 0 Å². The Morgan fingerprint density at radius 2 is 1.89 bits per heavy atom. The molecular formula is C14H20N2O2S. The van der Waals surface area contributed by atoms with Crippen LogP contribution in [-0.4, -0.2) is 28.2 Å². The summed E-state index contributed by atoms with van der Waals surface area (Å²) in [4.78, 5) is 13.6. The van der Waals surface area contributed by atoms with Crippen LogP contribution in [0.3, 0.4) is 0 Å². The molecule has 2 N–H and O–H groups in total. The van der Waals surface area contributed by atoms with E-state index in [1.54, 1.807) is 36.2 Å². The van der Waals surface area contributed by atoms with E-state index < -0.39 is 10.8 Å². The number of carbonyl (C=O) groups excluding carboxylic acids is 1. The zero-order valence-electron chi connectivity index (χ0n) is 11.2. The van der Waals surface area contributed by atoms with Gasteiger partial charge in [0.2, 0.25) is 5.91 Å². The van der Waals surface area contributed by atoms with Crippen molar-refractivity contribution in [2.75, 3.05) is 23.4 Å². The van der Waals surface area contributed by atoms with E-state index in [2.05, 4.69) is 0 Å². The molecule has 0 aliphatic heterocycles. The fourth-order valence-electron chi connectivity index (χ4n) is 2.33. The van der Waals surface area contributed by atoms with Gasteiger partial charge in [-0.05, 0) is 37.1 Å². The van der Waals surface area contributed by atoms with E-state index in [1.807, 2.05) is 0 Å². The molecule has 5 heteroatoms. The molecule has 1 aromatic rings. The summed E-state index contributed by atoms with van der Waals surface area (Å²) in [7, 11) is 0.668. The standard InChI is InChI=1S/C14H20N2O2S/c1-16(12-8-6-11(15)7-9-12)14(17)10-19(18)13-4-2-3-5-13/h6-9,13H,2-5,10,15H2,1H3. The predicted octanol–water partition coefficient (Wildman–Crippen LogP) is 1.92. The second-order valence-electron chi connectivity index (χ2n) is 4.98. The predicted molar refractivity (Wildman–Crippen MR) is 79.5 cm³/mol. The quantitative estimate of drug-likeness (QED) is 0.857. The van der Waals surface area contributed by atoms with Crippen molar-refractivity contribution in [3.63, 3.8) is 0 Å². The maximum absolute atomic E-state index is 12.1. The normalized spacial score (nSPS) is 17.3. The van der Waals surface area contributed by atoms with Crippen LogP contribution in [0.15, 0.2) is 24.3 Å². The minimum Gasteiger partial charge on any atom is -0.399 e. The summed E-state index contributed by atoms with van der Waals surface area (Å²) in [6, 6.07) is 7.11. The van der Waals surface area contributed by atoms with Crippen LogP contribution in [0.1, 0.15) is 25.7 Å². The number of amides is 1. The number of anilines is 2. The van der Waals surface area contributed by atoms with Gasteiger partial charge in [0, 0.05) is 34.5 Å². The van der Waals surface area contributed by atoms with Crippen molar-refractivity contribution in [3.05, 3.63) is 24.3 Å². The molecular weight excluding hydrogens is 260 g/mol. The lowest BCUT2D eigenvalue weighted by atomic mass is 10.2. The number of nitrogens with two attached hydrogens (primary N) is 1. The lowest BCUT2D eigenvalue weighted by Crippen LogP contribution is -2.32. The Bertz CT molecular complexity index is 467. The summed E-state index contributed by atoms with van der Waals surface area (Å²) >= 11 is 0. The van der Waals surface area contributed by atoms with Crippen molar-refractivity contribution >= 4 is 28.1 Å². The van der Waals surface area contributed by atoms with E-state index >= 15 is 0 Å². The van der Waals surface area contributed by atoms with Crippen LogP contribution in [0.4, 0.5) is 11.4 Å². The Morgan fingerprint density at radius 3 is 2.47 bits per heavy atom. The summed E-state index contributed by atoms with van der Waals surface area (Å²) in [5, 5.41) is 0.212. The number of hydrogen-bond acceptors (Lipinski definition) is 3. The third-order valence-corrected chi connectivity index (χ3v) is 5.34. The van der Waals surface area contributed by atoms with E-state index in [4.69, 9.17) is 5.73 Å². The molecule has 0 heterocycles. The molecule has 1 aliphatic rings. The monoisotopic (exact) mass is 280 g/mol. The molecule has 1 aliphatic carbocycles. The molecule has 1 fully saturated rings. The Labute approximate surface area is 116 Å². The summed E-state index contributed by atoms with van der Waals surface area (Å²) in [6.45, 7) is 0. The highest BCUT2D eigenvalue weighted by Crippen LogP contribution is 2.23. The third-order valence-electron chi connectivity index (χ3n) is 3.59. The average Bonchev–Trinajstić information content (AvgIpc) is 2.92. The molecule has 1 unspecified atom stereocenters. The van der Waals surface area contributed by atoms with Crippen LogP contribution in [0.25, 0.3) is 0 Å². The molecule has 104 valence electrons. The van der Waals surface area contributed by atoms with Gasteiger partial charge in [-0.15, -0.1) is 0 Å². The van der Waals surface area contributed by atoms with Gasteiger partial charge in [-0.2, -0.15) is 0 Å². The average molecular weight is 280 g/mol. The molecule has 2 rings (SSSR count). The number of nitrogens with zero attached hydrogens (tertiary/aromatic N) is 1. The molecule has 4 nitrogen and oxygen atoms in total. The van der Waals surface area contributed by atoms with Crippen molar-refractivity contribution < 1.29 is 9.00 Å². The molecule has 0 saturated heterocycles. The van der Waals surface area contributed by atoms with Crippen LogP contribution < -0.4 is 10.6 Å². The van der Waals surface area contributed by atoms with E-state index in [9.17, 15) is 9.00 Å². The summed E-state index contributed by atoms with van der Waals surface area (Å²) in [5.41, 5.74) is 7.06. The van der Waals surface area contributed by atoms with Gasteiger partial charge >= 0.3 is 0 Å². The lowest BCUT2D eigenvalue weighted by molar-refractivity contribution is -0.115. The Morgan fingerprint density at radius 1 is 1.32 bits per heavy atom. The molecule has 1 atom stereocenters. The Balaban J connectivity index is 1.95. The topological polar surface area (TPSA) is 63.4 Å². The van der Waals surface area contributed by atoms with Gasteiger partial charge in [0.1, 0.15) is 5.75 Å². The van der Waals surface area contributed by atoms with E-state index in [0.717, 1.165) is 31.4 Å². The molecule has 0 spiro atoms. The van der Waals surface area contributed by atoms with Crippen molar-refractivity contribution in [2.24, 2.45) is 0 Å². The van der Waals surface area contributed by atoms with Crippen LogP contribution in [0, 0.1) is 0 Å². The van der Waals surface area contributed by atoms with E-state index in [1.165, 1.54) is 0 Å². The van der Waals surface area contributed by atoms with Gasteiger partial charge in [0.05, 0.1) is 0 Å². The molecule has 1 amide bonds. The third kappa shape index (κ3) is 3.56. The largest absolute Gasteiger partial charge is 0.399 e. The molecule has 0 radical (unpaired) electrons. The fraction of sp³-hybridized carbons (Fsp3) is 0.500. The van der Waals surface area contributed by atoms with Crippen molar-refractivity contribution in [3.8, 4) is 0 Å². The van der Waals surface area contributed by atoms with Crippen molar-refractivity contribution in [2.45, 2.75) is 30.9 Å². The highest BCUT2D eigenvalue weighted by molar-refractivity contribution is 7.86. The Kier molecular flexibility index (Phi) is 4.58. The van der Waals surface area contributed by atoms with Crippen molar-refractivity contribution in [1.29, 1.82) is 0 Å². The number of hydrogen-bond donors (Lipinski definition) is 1. The first-order valence-corrected chi connectivity index (χ1v) is 7.95. The SMILES string of the molecule is CN(C(=O)CS(=O)C1CCCC1)c1ccc(N)cc1. The zero-order valence-corrected chi connectivity index (χ0v) is 12.0. The number of nitrogen functional groups attached to an aromatic ring is 1. The fourth-order valence-corrected chi connectivity index (χ4v) is 3.86. The van der Waals surface area contributed by atoms with E-state index in [0.29, 0.717) is 5.69 Å². The molecule has 0 aromatic heterocycles. The van der Waals surface area contributed by atoms with Gasteiger partial charge in [0.15, 0.2) is 0 Å². The second kappa shape index (κ2) is 6.19. The van der Waals surface area contributed by atoms with Gasteiger partial charge in [-0.1, -0.05) is 12.8 Å². The highest BCUT2D eigenvalue weighted by atomic mass is 32.2. The number of benzene rings is 1. The van der Waals surface area contributed by atoms with Crippen LogP contribution in [0.5, 0.6) is 0 Å². The molecule has 1 saturated carbocycles. The van der Waals surface area contributed by atoms with Crippen LogP contribution >= 0.6 is 0 Å². The van der Waals surface area contributed by atoms with Gasteiger partial charge in [0.25, 0.3) is 0 Å². The summed E-state index contributed by atoms with van der Waals surface area (Å²) in [5.74, 6) is 0.0148. The van der Waals surface area contributed by atoms with Crippen LogP contribution in [-0.2, 0) is 15.6 Å². The van der Waals surface area contributed by atoms with Gasteiger partial charge in [-0.3, -0.25) is 9.00 Å². The molecule has 0 bridgehead atoms. The van der Waals surface area contributed by atoms with Gasteiger partial charge in [-0.25, -0.2) is 0 Å². The van der Waals surface area contributed by atoms with Gasteiger partial charge < -0.3 is 10.6 Å². The maximum Gasteiger partial charge on any atom is 0.239 e. The molecule has 19 heavy (non-hydrogen) atoms. The first-order valence-electron chi connectivity index (χ1n) is 6.57. The Hall–Kier alpha value is -1.36.